The van der Waals surface area contributed by atoms with Crippen molar-refractivity contribution in [3.8, 4) is 0 Å². The van der Waals surface area contributed by atoms with E-state index in [2.05, 4.69) is 17.3 Å². The third-order valence-corrected chi connectivity index (χ3v) is 4.59. The van der Waals surface area contributed by atoms with Crippen LogP contribution in [-0.2, 0) is 9.53 Å². The van der Waals surface area contributed by atoms with Crippen molar-refractivity contribution < 1.29 is 9.53 Å². The number of hydrogen-bond donors (Lipinski definition) is 1. The van der Waals surface area contributed by atoms with Gasteiger partial charge < -0.3 is 15.0 Å². The average Bonchev–Trinajstić information content (AvgIpc) is 3.27. The van der Waals surface area contributed by atoms with Gasteiger partial charge in [0.2, 0.25) is 0 Å². The molecule has 4 nitrogen and oxygen atoms in total. The van der Waals surface area contributed by atoms with E-state index < -0.39 is 0 Å². The molecule has 1 unspecified atom stereocenters. The van der Waals surface area contributed by atoms with E-state index in [9.17, 15) is 4.79 Å². The van der Waals surface area contributed by atoms with Gasteiger partial charge in [0.15, 0.2) is 0 Å². The van der Waals surface area contributed by atoms with E-state index in [1.165, 1.54) is 58.6 Å². The predicted molar refractivity (Wildman–Crippen MR) is 80.7 cm³/mol. The fraction of sp³-hybridized carbons (Fsp3) is 0.938. The second-order valence-corrected chi connectivity index (χ2v) is 6.57. The summed E-state index contributed by atoms with van der Waals surface area (Å²) >= 11 is 0. The highest BCUT2D eigenvalue weighted by atomic mass is 16.5. The molecule has 2 rings (SSSR count). The lowest BCUT2D eigenvalue weighted by Gasteiger charge is -2.28. The molecule has 1 atom stereocenters. The number of esters is 1. The zero-order valence-corrected chi connectivity index (χ0v) is 13.1. The molecule has 4 heteroatoms. The normalized spacial score (nSPS) is 21.9. The molecular formula is C16H30N2O2. The highest BCUT2D eigenvalue weighted by molar-refractivity contribution is 5.75. The van der Waals surface area contributed by atoms with Crippen molar-refractivity contribution >= 4 is 5.97 Å². The minimum absolute atomic E-state index is 0.108. The quantitative estimate of drug-likeness (QED) is 0.693. The Balaban J connectivity index is 1.68. The lowest BCUT2D eigenvalue weighted by Crippen LogP contribution is -2.41. The maximum atomic E-state index is 11.8. The molecular weight excluding hydrogens is 252 g/mol. The molecule has 116 valence electrons. The molecule has 20 heavy (non-hydrogen) atoms. The molecule has 2 aliphatic carbocycles. The summed E-state index contributed by atoms with van der Waals surface area (Å²) in [5.41, 5.74) is 0. The summed E-state index contributed by atoms with van der Waals surface area (Å²) in [6.07, 6.45) is 10.2. The first kappa shape index (κ1) is 15.8. The van der Waals surface area contributed by atoms with E-state index in [1.54, 1.807) is 0 Å². The number of carbonyl (C=O) groups excluding carboxylic acids is 1. The Labute approximate surface area is 123 Å². The zero-order valence-electron chi connectivity index (χ0n) is 13.1. The van der Waals surface area contributed by atoms with Gasteiger partial charge in [-0.15, -0.1) is 0 Å². The second kappa shape index (κ2) is 7.99. The Bertz CT molecular complexity index is 299. The van der Waals surface area contributed by atoms with Gasteiger partial charge in [-0.1, -0.05) is 19.3 Å². The minimum Gasteiger partial charge on any atom is -0.468 e. The number of carbonyl (C=O) groups is 1. The van der Waals surface area contributed by atoms with Crippen LogP contribution in [0.15, 0.2) is 0 Å². The van der Waals surface area contributed by atoms with Gasteiger partial charge in [0, 0.05) is 12.6 Å². The van der Waals surface area contributed by atoms with E-state index >= 15 is 0 Å². The SMILES string of the molecule is COC(=O)C(CCN(C)CC1CCCCC1)NC1CC1. The molecule has 0 radical (unpaired) electrons. The Morgan fingerprint density at radius 3 is 2.55 bits per heavy atom. The molecule has 2 fully saturated rings. The molecule has 0 aromatic carbocycles. The summed E-state index contributed by atoms with van der Waals surface area (Å²) in [5.74, 6) is 0.754. The van der Waals surface area contributed by atoms with E-state index in [4.69, 9.17) is 4.74 Å². The number of nitrogens with zero attached hydrogens (tertiary/aromatic N) is 1. The summed E-state index contributed by atoms with van der Waals surface area (Å²) in [4.78, 5) is 14.2. The summed E-state index contributed by atoms with van der Waals surface area (Å²) < 4.78 is 4.90. The number of ether oxygens (including phenoxy) is 1. The molecule has 0 bridgehead atoms. The van der Waals surface area contributed by atoms with Crippen LogP contribution in [0, 0.1) is 5.92 Å². The molecule has 0 aromatic rings. The summed E-state index contributed by atoms with van der Waals surface area (Å²) in [7, 11) is 3.66. The smallest absolute Gasteiger partial charge is 0.322 e. The summed E-state index contributed by atoms with van der Waals surface area (Å²) in [6.45, 7) is 2.15. The second-order valence-electron chi connectivity index (χ2n) is 6.57. The first-order valence-electron chi connectivity index (χ1n) is 8.21. The van der Waals surface area contributed by atoms with E-state index in [0.29, 0.717) is 6.04 Å². The van der Waals surface area contributed by atoms with Gasteiger partial charge in [0.1, 0.15) is 6.04 Å². The molecule has 0 aliphatic heterocycles. The molecule has 0 saturated heterocycles. The lowest BCUT2D eigenvalue weighted by atomic mass is 9.89. The van der Waals surface area contributed by atoms with Gasteiger partial charge in [0.25, 0.3) is 0 Å². The molecule has 2 saturated carbocycles. The molecule has 1 N–H and O–H groups in total. The first-order chi connectivity index (χ1) is 9.69. The van der Waals surface area contributed by atoms with E-state index in [1.807, 2.05) is 0 Å². The number of hydrogen-bond acceptors (Lipinski definition) is 4. The van der Waals surface area contributed by atoms with Crippen LogP contribution in [0.5, 0.6) is 0 Å². The van der Waals surface area contributed by atoms with Gasteiger partial charge in [-0.2, -0.15) is 0 Å². The topological polar surface area (TPSA) is 41.6 Å². The van der Waals surface area contributed by atoms with Gasteiger partial charge in [0.05, 0.1) is 7.11 Å². The van der Waals surface area contributed by atoms with E-state index in [0.717, 1.165) is 18.9 Å². The Morgan fingerprint density at radius 1 is 1.25 bits per heavy atom. The summed E-state index contributed by atoms with van der Waals surface area (Å²) in [5, 5.41) is 3.40. The molecule has 0 amide bonds. The van der Waals surface area contributed by atoms with Crippen LogP contribution in [0.3, 0.4) is 0 Å². The average molecular weight is 282 g/mol. The van der Waals surface area contributed by atoms with Crippen LogP contribution < -0.4 is 5.32 Å². The van der Waals surface area contributed by atoms with Gasteiger partial charge in [-0.05, 0) is 51.6 Å². The lowest BCUT2D eigenvalue weighted by molar-refractivity contribution is -0.143. The van der Waals surface area contributed by atoms with Crippen LogP contribution in [0.25, 0.3) is 0 Å². The Morgan fingerprint density at radius 2 is 1.95 bits per heavy atom. The number of rotatable bonds is 8. The van der Waals surface area contributed by atoms with Crippen LogP contribution in [0.4, 0.5) is 0 Å². The highest BCUT2D eigenvalue weighted by Gasteiger charge is 2.29. The third-order valence-electron chi connectivity index (χ3n) is 4.59. The van der Waals surface area contributed by atoms with Crippen molar-refractivity contribution in [1.82, 2.24) is 10.2 Å². The predicted octanol–water partition coefficient (Wildman–Crippen LogP) is 2.18. The fourth-order valence-electron chi connectivity index (χ4n) is 3.20. The Hall–Kier alpha value is -0.610. The number of methoxy groups -OCH3 is 1. The maximum Gasteiger partial charge on any atom is 0.322 e. The molecule has 0 spiro atoms. The molecule has 2 aliphatic rings. The van der Waals surface area contributed by atoms with Crippen molar-refractivity contribution in [3.63, 3.8) is 0 Å². The highest BCUT2D eigenvalue weighted by Crippen LogP contribution is 2.24. The van der Waals surface area contributed by atoms with Gasteiger partial charge in [-0.3, -0.25) is 4.79 Å². The van der Waals surface area contributed by atoms with Crippen molar-refractivity contribution in [2.45, 2.75) is 63.5 Å². The maximum absolute atomic E-state index is 11.8. The third kappa shape index (κ3) is 5.41. The summed E-state index contributed by atoms with van der Waals surface area (Å²) in [6, 6.07) is 0.420. The van der Waals surface area contributed by atoms with Crippen molar-refractivity contribution in [1.29, 1.82) is 0 Å². The van der Waals surface area contributed by atoms with Crippen LogP contribution in [-0.4, -0.2) is 50.2 Å². The van der Waals surface area contributed by atoms with Crippen molar-refractivity contribution in [2.75, 3.05) is 27.2 Å². The standard InChI is InChI=1S/C16H30N2O2/c1-18(12-13-6-4-3-5-7-13)11-10-15(16(19)20-2)17-14-8-9-14/h13-15,17H,3-12H2,1-2H3. The largest absolute Gasteiger partial charge is 0.468 e. The van der Waals surface area contributed by atoms with Crippen LogP contribution >= 0.6 is 0 Å². The zero-order chi connectivity index (χ0) is 14.4. The van der Waals surface area contributed by atoms with Gasteiger partial charge in [-0.25, -0.2) is 0 Å². The van der Waals surface area contributed by atoms with Crippen LogP contribution in [0.2, 0.25) is 0 Å². The molecule has 0 aromatic heterocycles. The fourth-order valence-corrected chi connectivity index (χ4v) is 3.20. The van der Waals surface area contributed by atoms with Crippen LogP contribution in [0.1, 0.15) is 51.4 Å². The van der Waals surface area contributed by atoms with Gasteiger partial charge >= 0.3 is 5.97 Å². The minimum atomic E-state index is -0.124. The van der Waals surface area contributed by atoms with Crippen molar-refractivity contribution in [2.24, 2.45) is 5.92 Å². The first-order valence-corrected chi connectivity index (χ1v) is 8.21. The molecule has 0 heterocycles. The monoisotopic (exact) mass is 282 g/mol. The Kier molecular flexibility index (Phi) is 6.30. The van der Waals surface area contributed by atoms with E-state index in [-0.39, 0.29) is 12.0 Å². The van der Waals surface area contributed by atoms with Crippen molar-refractivity contribution in [3.05, 3.63) is 0 Å². The number of nitrogens with one attached hydrogen (secondary N) is 1.